The van der Waals surface area contributed by atoms with E-state index < -0.39 is 18.4 Å². The van der Waals surface area contributed by atoms with E-state index in [4.69, 9.17) is 10.5 Å². The number of ketones is 1. The largest absolute Gasteiger partial charge is 0.504 e. The molecule has 2 aromatic rings. The van der Waals surface area contributed by atoms with Gasteiger partial charge in [-0.15, -0.1) is 0 Å². The number of nitrogens with zero attached hydrogens (tertiary/aromatic N) is 3. The number of Topliss-reactive ketones (excluding diaryl/α,β-unsaturated/α-hetero) is 1. The third-order valence-electron chi connectivity index (χ3n) is 8.44. The first-order valence-electron chi connectivity index (χ1n) is 15.3. The highest BCUT2D eigenvalue weighted by molar-refractivity contribution is 5.88. The van der Waals surface area contributed by atoms with Crippen LogP contribution in [-0.4, -0.2) is 69.0 Å². The molecule has 0 fully saturated rings. The molecule has 3 aliphatic rings. The highest BCUT2D eigenvalue weighted by atomic mass is 16.5. The SMILES string of the molecule is CCC[C@H](O)C[C@@H](O)CC(=O)CCc1ccc(O)c(OCN2C=C3N=CC(Cc4c(CO)ccc5c4CC=N[C@H]5N)=C3C2)c1. The van der Waals surface area contributed by atoms with E-state index >= 15 is 0 Å². The van der Waals surface area contributed by atoms with Crippen LogP contribution in [0.25, 0.3) is 0 Å². The summed E-state index contributed by atoms with van der Waals surface area (Å²) in [5.41, 5.74) is 14.2. The van der Waals surface area contributed by atoms with Gasteiger partial charge < -0.3 is 35.8 Å². The maximum Gasteiger partial charge on any atom is 0.163 e. The van der Waals surface area contributed by atoms with E-state index in [1.54, 1.807) is 18.2 Å². The zero-order valence-corrected chi connectivity index (χ0v) is 25.2. The third-order valence-corrected chi connectivity index (χ3v) is 8.44. The molecule has 10 nitrogen and oxygen atoms in total. The monoisotopic (exact) mass is 602 g/mol. The smallest absolute Gasteiger partial charge is 0.163 e. The first-order valence-corrected chi connectivity index (χ1v) is 15.3. The van der Waals surface area contributed by atoms with E-state index in [0.717, 1.165) is 51.1 Å². The fourth-order valence-corrected chi connectivity index (χ4v) is 6.07. The van der Waals surface area contributed by atoms with E-state index in [1.165, 1.54) is 0 Å². The molecule has 10 heteroatoms. The van der Waals surface area contributed by atoms with Gasteiger partial charge in [0, 0.05) is 56.4 Å². The Balaban J connectivity index is 1.17. The summed E-state index contributed by atoms with van der Waals surface area (Å²) < 4.78 is 5.98. The number of fused-ring (bicyclic) bond motifs is 2. The summed E-state index contributed by atoms with van der Waals surface area (Å²) in [6, 6.07) is 8.94. The molecule has 0 spiro atoms. The second-order valence-corrected chi connectivity index (χ2v) is 11.8. The quantitative estimate of drug-likeness (QED) is 0.207. The zero-order chi connectivity index (χ0) is 31.2. The van der Waals surface area contributed by atoms with Gasteiger partial charge in [-0.3, -0.25) is 14.8 Å². The minimum Gasteiger partial charge on any atom is -0.504 e. The molecule has 0 unspecified atom stereocenters. The molecule has 0 radical (unpaired) electrons. The zero-order valence-electron chi connectivity index (χ0n) is 25.2. The van der Waals surface area contributed by atoms with Gasteiger partial charge in [0.05, 0.1) is 24.5 Å². The Morgan fingerprint density at radius 2 is 2.05 bits per heavy atom. The predicted molar refractivity (Wildman–Crippen MR) is 169 cm³/mol. The lowest BCUT2D eigenvalue weighted by atomic mass is 9.87. The number of carbonyl (C=O) groups is 1. The van der Waals surface area contributed by atoms with Gasteiger partial charge in [-0.25, -0.2) is 0 Å². The second-order valence-electron chi connectivity index (χ2n) is 11.8. The summed E-state index contributed by atoms with van der Waals surface area (Å²) in [7, 11) is 0. The van der Waals surface area contributed by atoms with Crippen molar-refractivity contribution in [2.24, 2.45) is 15.7 Å². The molecular formula is C34H42N4O6. The van der Waals surface area contributed by atoms with Gasteiger partial charge in [0.1, 0.15) is 11.9 Å². The number of aromatic hydroxyl groups is 1. The predicted octanol–water partition coefficient (Wildman–Crippen LogP) is 3.39. The van der Waals surface area contributed by atoms with Crippen LogP contribution in [0.5, 0.6) is 11.5 Å². The Labute approximate surface area is 257 Å². The normalized spacial score (nSPS) is 18.3. The molecule has 44 heavy (non-hydrogen) atoms. The molecule has 0 saturated heterocycles. The molecule has 3 atom stereocenters. The van der Waals surface area contributed by atoms with Crippen LogP contribution in [-0.2, 0) is 30.7 Å². The molecule has 0 saturated carbocycles. The number of phenols is 1. The maximum atomic E-state index is 12.4. The van der Waals surface area contributed by atoms with Crippen molar-refractivity contribution in [1.82, 2.24) is 4.90 Å². The van der Waals surface area contributed by atoms with E-state index in [0.29, 0.717) is 38.0 Å². The Bertz CT molecular complexity index is 1500. The molecule has 0 aliphatic carbocycles. The number of allylic oxidation sites excluding steroid dienone is 1. The van der Waals surface area contributed by atoms with Gasteiger partial charge in [0.25, 0.3) is 0 Å². The number of aliphatic hydroxyl groups excluding tert-OH is 3. The van der Waals surface area contributed by atoms with Crippen LogP contribution in [0.2, 0.25) is 0 Å². The number of hydrogen-bond acceptors (Lipinski definition) is 10. The van der Waals surface area contributed by atoms with E-state index in [2.05, 4.69) is 9.98 Å². The van der Waals surface area contributed by atoms with Crippen molar-refractivity contribution in [2.75, 3.05) is 13.3 Å². The van der Waals surface area contributed by atoms with Crippen molar-refractivity contribution in [3.63, 3.8) is 0 Å². The van der Waals surface area contributed by atoms with Crippen molar-refractivity contribution in [1.29, 1.82) is 0 Å². The molecule has 2 aromatic carbocycles. The van der Waals surface area contributed by atoms with Crippen LogP contribution in [0.15, 0.2) is 63.4 Å². The average Bonchev–Trinajstić information content (AvgIpc) is 3.57. The number of hydrogen-bond donors (Lipinski definition) is 5. The van der Waals surface area contributed by atoms with Gasteiger partial charge in [-0.05, 0) is 64.8 Å². The van der Waals surface area contributed by atoms with Crippen LogP contribution in [0.4, 0.5) is 0 Å². The minimum atomic E-state index is -0.848. The van der Waals surface area contributed by atoms with E-state index in [9.17, 15) is 25.2 Å². The number of aryl methyl sites for hydroxylation is 1. The summed E-state index contributed by atoms with van der Waals surface area (Å²) >= 11 is 0. The minimum absolute atomic E-state index is 0.0116. The molecule has 5 rings (SSSR count). The van der Waals surface area contributed by atoms with E-state index in [1.807, 2.05) is 42.6 Å². The Morgan fingerprint density at radius 3 is 2.84 bits per heavy atom. The van der Waals surface area contributed by atoms with Gasteiger partial charge in [0.15, 0.2) is 18.2 Å². The van der Waals surface area contributed by atoms with Crippen molar-refractivity contribution in [2.45, 2.75) is 83.3 Å². The first-order chi connectivity index (χ1) is 21.2. The van der Waals surface area contributed by atoms with E-state index in [-0.39, 0.29) is 44.1 Å². The van der Waals surface area contributed by atoms with Crippen molar-refractivity contribution in [3.05, 3.63) is 81.2 Å². The van der Waals surface area contributed by atoms with Crippen LogP contribution in [0, 0.1) is 0 Å². The molecule has 0 aromatic heterocycles. The number of benzene rings is 2. The summed E-state index contributed by atoms with van der Waals surface area (Å²) in [5, 5.41) is 40.4. The first kappa shape index (κ1) is 31.6. The van der Waals surface area contributed by atoms with Crippen LogP contribution < -0.4 is 10.5 Å². The number of rotatable bonds is 15. The number of aliphatic imine (C=N–C) groups is 2. The second kappa shape index (κ2) is 14.3. The molecule has 0 amide bonds. The van der Waals surface area contributed by atoms with Crippen LogP contribution in [0.1, 0.15) is 73.0 Å². The van der Waals surface area contributed by atoms with Crippen LogP contribution >= 0.6 is 0 Å². The number of ether oxygens (including phenoxy) is 1. The van der Waals surface area contributed by atoms with Crippen molar-refractivity contribution < 1.29 is 30.0 Å². The highest BCUT2D eigenvalue weighted by Gasteiger charge is 2.27. The topological polar surface area (TPSA) is 161 Å². The number of aliphatic hydroxyl groups is 3. The fraction of sp³-hybridized carbons (Fsp3) is 0.441. The number of nitrogens with two attached hydrogens (primary N) is 1. The summed E-state index contributed by atoms with van der Waals surface area (Å²) in [6.07, 6.45) is 7.49. The van der Waals surface area contributed by atoms with Crippen LogP contribution in [0.3, 0.4) is 0 Å². The van der Waals surface area contributed by atoms with Crippen molar-refractivity contribution in [3.8, 4) is 11.5 Å². The molecule has 234 valence electrons. The van der Waals surface area contributed by atoms with Gasteiger partial charge >= 0.3 is 0 Å². The van der Waals surface area contributed by atoms with Gasteiger partial charge in [0.2, 0.25) is 0 Å². The summed E-state index contributed by atoms with van der Waals surface area (Å²) in [4.78, 5) is 23.3. The lowest BCUT2D eigenvalue weighted by molar-refractivity contribution is -0.121. The molecular weight excluding hydrogens is 560 g/mol. The Hall–Kier alpha value is -3.83. The lowest BCUT2D eigenvalue weighted by Gasteiger charge is -2.23. The fourth-order valence-electron chi connectivity index (χ4n) is 6.07. The Morgan fingerprint density at radius 1 is 1.20 bits per heavy atom. The molecule has 0 bridgehead atoms. The summed E-state index contributed by atoms with van der Waals surface area (Å²) in [6.45, 7) is 2.71. The highest BCUT2D eigenvalue weighted by Crippen LogP contribution is 2.35. The molecule has 3 heterocycles. The number of carbonyl (C=O) groups excluding carboxylic acids is 1. The van der Waals surface area contributed by atoms with Gasteiger partial charge in [-0.1, -0.05) is 31.5 Å². The average molecular weight is 603 g/mol. The molecule has 3 aliphatic heterocycles. The standard InChI is InChI=1S/C34H42N4O6/c1-2-3-24(40)14-26(42)15-25(41)7-4-21-5-9-32(43)33(12-21)44-20-38-17-30-23(16-37-31(30)18-38)13-29-22(19-39)6-8-28-27(29)10-11-36-34(28)35/h5-6,8-9,11-12,16,18,24,26,34,39-40,42-43H,2-4,7,10,13-15,17,19-20,35H2,1H3/t24-,26+,34+/m0/s1. The maximum absolute atomic E-state index is 12.4. The van der Waals surface area contributed by atoms with Crippen molar-refractivity contribution >= 4 is 18.2 Å². The lowest BCUT2D eigenvalue weighted by Crippen LogP contribution is -2.22. The number of phenolic OH excluding ortho intramolecular Hbond substituents is 1. The Kier molecular flexibility index (Phi) is 10.3. The molecule has 6 N–H and O–H groups in total. The summed E-state index contributed by atoms with van der Waals surface area (Å²) in [5.74, 6) is 0.263. The van der Waals surface area contributed by atoms with Gasteiger partial charge in [-0.2, -0.15) is 0 Å². The third kappa shape index (κ3) is 7.44.